The molecule has 1 aliphatic rings. The molecule has 0 saturated carbocycles. The second-order valence-electron chi connectivity index (χ2n) is 7.20. The normalized spacial score (nSPS) is 20.9. The molecule has 2 heterocycles. The maximum atomic E-state index is 11.9. The van der Waals surface area contributed by atoms with Crippen molar-refractivity contribution in [2.75, 3.05) is 33.7 Å². The van der Waals surface area contributed by atoms with E-state index in [-0.39, 0.29) is 11.8 Å². The van der Waals surface area contributed by atoms with Crippen LogP contribution in [0, 0.1) is 5.92 Å². The van der Waals surface area contributed by atoms with Crippen molar-refractivity contribution in [1.82, 2.24) is 14.8 Å². The third kappa shape index (κ3) is 4.35. The van der Waals surface area contributed by atoms with E-state index in [1.165, 1.54) is 16.3 Å². The van der Waals surface area contributed by atoms with Gasteiger partial charge < -0.3 is 14.9 Å². The summed E-state index contributed by atoms with van der Waals surface area (Å²) in [6, 6.07) is 8.34. The van der Waals surface area contributed by atoms with Crippen molar-refractivity contribution in [1.29, 1.82) is 0 Å². The molecule has 5 nitrogen and oxygen atoms in total. The van der Waals surface area contributed by atoms with Crippen LogP contribution in [0.3, 0.4) is 0 Å². The molecule has 0 bridgehead atoms. The largest absolute Gasteiger partial charge is 0.391 e. The smallest absolute Gasteiger partial charge is 0.222 e. The van der Waals surface area contributed by atoms with E-state index in [1.807, 2.05) is 18.5 Å². The minimum Gasteiger partial charge on any atom is -0.391 e. The summed E-state index contributed by atoms with van der Waals surface area (Å²) in [5, 5.41) is 12.7. The lowest BCUT2D eigenvalue weighted by Crippen LogP contribution is -2.28. The minimum atomic E-state index is -0.400. The van der Waals surface area contributed by atoms with Crippen LogP contribution in [0.2, 0.25) is 0 Å². The van der Waals surface area contributed by atoms with E-state index < -0.39 is 6.10 Å². The van der Waals surface area contributed by atoms with Crippen molar-refractivity contribution in [2.45, 2.75) is 25.4 Å². The number of hydrogen-bond acceptors (Lipinski definition) is 4. The number of benzene rings is 1. The summed E-state index contributed by atoms with van der Waals surface area (Å²) in [5.41, 5.74) is 1.28. The van der Waals surface area contributed by atoms with Gasteiger partial charge in [0.05, 0.1) is 6.10 Å². The summed E-state index contributed by atoms with van der Waals surface area (Å²) in [5.74, 6) is 0.141. The average Bonchev–Trinajstić information content (AvgIpc) is 2.94. The number of β-amino-alcohol motifs (C(OH)–C–C–N with tert-alkyl or cyclic N) is 1. The van der Waals surface area contributed by atoms with E-state index >= 15 is 0 Å². The molecule has 2 aromatic rings. The van der Waals surface area contributed by atoms with Gasteiger partial charge in [0.25, 0.3) is 0 Å². The zero-order chi connectivity index (χ0) is 17.8. The number of nitrogens with zero attached hydrogens (tertiary/aromatic N) is 3. The monoisotopic (exact) mass is 341 g/mol. The molecule has 2 atom stereocenters. The highest BCUT2D eigenvalue weighted by Crippen LogP contribution is 2.22. The van der Waals surface area contributed by atoms with E-state index in [1.54, 1.807) is 19.0 Å². The Bertz CT molecular complexity index is 726. The Morgan fingerprint density at radius 2 is 2.08 bits per heavy atom. The summed E-state index contributed by atoms with van der Waals surface area (Å²) >= 11 is 0. The number of pyridine rings is 1. The lowest BCUT2D eigenvalue weighted by atomic mass is 10.0. The summed E-state index contributed by atoms with van der Waals surface area (Å²) in [4.78, 5) is 20.1. The molecule has 1 aromatic carbocycles. The van der Waals surface area contributed by atoms with E-state index in [4.69, 9.17) is 0 Å². The van der Waals surface area contributed by atoms with Crippen molar-refractivity contribution in [3.05, 3.63) is 42.2 Å². The highest BCUT2D eigenvalue weighted by Gasteiger charge is 2.32. The Morgan fingerprint density at radius 3 is 2.88 bits per heavy atom. The van der Waals surface area contributed by atoms with Gasteiger partial charge >= 0.3 is 0 Å². The van der Waals surface area contributed by atoms with Gasteiger partial charge in [-0.15, -0.1) is 0 Å². The highest BCUT2D eigenvalue weighted by molar-refractivity contribution is 5.84. The first-order valence-corrected chi connectivity index (χ1v) is 8.97. The number of carbonyl (C=O) groups is 1. The number of carbonyl (C=O) groups excluding carboxylic acids is 1. The molecule has 1 saturated heterocycles. The Morgan fingerprint density at radius 1 is 1.28 bits per heavy atom. The summed E-state index contributed by atoms with van der Waals surface area (Å²) in [7, 11) is 3.53. The number of likely N-dealkylation sites (tertiary alicyclic amines) is 1. The quantitative estimate of drug-likeness (QED) is 0.872. The second-order valence-corrected chi connectivity index (χ2v) is 7.20. The molecule has 1 fully saturated rings. The third-order valence-electron chi connectivity index (χ3n) is 5.09. The number of fused-ring (bicyclic) bond motifs is 1. The fraction of sp³-hybridized carbons (Fsp3) is 0.500. The topological polar surface area (TPSA) is 56.7 Å². The minimum absolute atomic E-state index is 0.0501. The molecule has 1 amide bonds. The van der Waals surface area contributed by atoms with Gasteiger partial charge in [-0.3, -0.25) is 9.78 Å². The number of aryl methyl sites for hydroxylation is 1. The molecule has 1 N–H and O–H groups in total. The van der Waals surface area contributed by atoms with E-state index in [9.17, 15) is 9.90 Å². The predicted octanol–water partition coefficient (Wildman–Crippen LogP) is 1.94. The molecular formula is C20H27N3O2. The molecule has 3 rings (SSSR count). The fourth-order valence-corrected chi connectivity index (χ4v) is 3.60. The molecule has 25 heavy (non-hydrogen) atoms. The van der Waals surface area contributed by atoms with Crippen LogP contribution in [0.1, 0.15) is 18.4 Å². The number of aromatic nitrogens is 1. The third-order valence-corrected chi connectivity index (χ3v) is 5.09. The second kappa shape index (κ2) is 7.93. The van der Waals surface area contributed by atoms with Gasteiger partial charge in [-0.1, -0.05) is 24.3 Å². The lowest BCUT2D eigenvalue weighted by Gasteiger charge is -2.17. The van der Waals surface area contributed by atoms with Gasteiger partial charge in [0.2, 0.25) is 5.91 Å². The molecule has 0 aliphatic carbocycles. The number of aliphatic hydroxyl groups is 1. The Hall–Kier alpha value is -1.98. The van der Waals surface area contributed by atoms with Crippen LogP contribution in [-0.2, 0) is 11.2 Å². The molecule has 5 heteroatoms. The van der Waals surface area contributed by atoms with Gasteiger partial charge in [0, 0.05) is 57.3 Å². The maximum Gasteiger partial charge on any atom is 0.222 e. The van der Waals surface area contributed by atoms with Crippen molar-refractivity contribution in [2.24, 2.45) is 5.92 Å². The molecule has 0 unspecified atom stereocenters. The molecule has 0 radical (unpaired) electrons. The molecular weight excluding hydrogens is 314 g/mol. The first kappa shape index (κ1) is 17.8. The first-order valence-electron chi connectivity index (χ1n) is 8.97. The maximum absolute atomic E-state index is 11.9. The summed E-state index contributed by atoms with van der Waals surface area (Å²) in [6.45, 7) is 2.40. The van der Waals surface area contributed by atoms with Crippen molar-refractivity contribution >= 4 is 16.7 Å². The summed E-state index contributed by atoms with van der Waals surface area (Å²) in [6.07, 6.45) is 5.89. The van der Waals surface area contributed by atoms with E-state index in [2.05, 4.69) is 28.1 Å². The average molecular weight is 341 g/mol. The van der Waals surface area contributed by atoms with Crippen LogP contribution in [0.4, 0.5) is 0 Å². The molecule has 0 spiro atoms. The number of amides is 1. The van der Waals surface area contributed by atoms with Gasteiger partial charge in [-0.2, -0.15) is 0 Å². The predicted molar refractivity (Wildman–Crippen MR) is 99.3 cm³/mol. The lowest BCUT2D eigenvalue weighted by molar-refractivity contribution is -0.130. The Balaban J connectivity index is 1.52. The van der Waals surface area contributed by atoms with Gasteiger partial charge in [0.15, 0.2) is 0 Å². The highest BCUT2D eigenvalue weighted by atomic mass is 16.3. The van der Waals surface area contributed by atoms with Gasteiger partial charge in [-0.25, -0.2) is 0 Å². The molecule has 134 valence electrons. The fourth-order valence-electron chi connectivity index (χ4n) is 3.60. The van der Waals surface area contributed by atoms with Crippen molar-refractivity contribution in [3.63, 3.8) is 0 Å². The standard InChI is InChI=1S/C20H27N3O2/c1-22(2)20(25)10-17-13-23(14-19(17)24)9-5-7-16-12-21-11-15-6-3-4-8-18(15)16/h3-4,6,8,11-12,17,19,24H,5,7,9-10,13-14H2,1-2H3/t17-,19-/m1/s1. The number of aliphatic hydroxyl groups excluding tert-OH is 1. The van der Waals surface area contributed by atoms with Crippen LogP contribution in [0.25, 0.3) is 10.8 Å². The Labute approximate surface area is 149 Å². The van der Waals surface area contributed by atoms with Crippen molar-refractivity contribution < 1.29 is 9.90 Å². The van der Waals surface area contributed by atoms with Crippen LogP contribution >= 0.6 is 0 Å². The summed E-state index contributed by atoms with van der Waals surface area (Å²) < 4.78 is 0. The van der Waals surface area contributed by atoms with Crippen LogP contribution in [-0.4, -0.2) is 65.6 Å². The zero-order valence-electron chi connectivity index (χ0n) is 15.1. The van der Waals surface area contributed by atoms with Gasteiger partial charge in [0.1, 0.15) is 0 Å². The van der Waals surface area contributed by atoms with Crippen LogP contribution < -0.4 is 0 Å². The van der Waals surface area contributed by atoms with Gasteiger partial charge in [-0.05, 0) is 30.3 Å². The first-order chi connectivity index (χ1) is 12.0. The van der Waals surface area contributed by atoms with E-state index in [0.717, 1.165) is 25.9 Å². The molecule has 1 aliphatic heterocycles. The molecule has 1 aromatic heterocycles. The SMILES string of the molecule is CN(C)C(=O)C[C@@H]1CN(CCCc2cncc3ccccc23)C[C@H]1O. The van der Waals surface area contributed by atoms with Crippen molar-refractivity contribution in [3.8, 4) is 0 Å². The Kier molecular flexibility index (Phi) is 5.66. The number of rotatable bonds is 6. The van der Waals surface area contributed by atoms with Crippen LogP contribution in [0.15, 0.2) is 36.7 Å². The number of hydrogen-bond donors (Lipinski definition) is 1. The zero-order valence-corrected chi connectivity index (χ0v) is 15.1. The van der Waals surface area contributed by atoms with Crippen LogP contribution in [0.5, 0.6) is 0 Å². The van der Waals surface area contributed by atoms with E-state index in [0.29, 0.717) is 13.0 Å².